The summed E-state index contributed by atoms with van der Waals surface area (Å²) in [4.78, 5) is 11.8. The monoisotopic (exact) mass is 177 g/mol. The summed E-state index contributed by atoms with van der Waals surface area (Å²) in [6.07, 6.45) is 4.52. The molecule has 0 spiro atoms. The molecular weight excluding hydrogens is 162 g/mol. The van der Waals surface area contributed by atoms with E-state index >= 15 is 0 Å². The molecule has 0 aliphatic heterocycles. The summed E-state index contributed by atoms with van der Waals surface area (Å²) in [6, 6.07) is 2.17. The van der Waals surface area contributed by atoms with Crippen molar-refractivity contribution in [3.05, 3.63) is 0 Å². The summed E-state index contributed by atoms with van der Waals surface area (Å²) in [5, 5.41) is 8.88. The van der Waals surface area contributed by atoms with Gasteiger partial charge in [0.05, 0.1) is 6.07 Å². The second-order valence-corrected chi connectivity index (χ2v) is 4.52. The SMILES string of the molecule is C[C@H]1C[C@H]2CCC[C@@H]2C(=O)[C@@H]1C#N. The first-order valence-electron chi connectivity index (χ1n) is 5.17. The van der Waals surface area contributed by atoms with Crippen LogP contribution in [0.25, 0.3) is 0 Å². The highest BCUT2D eigenvalue weighted by molar-refractivity contribution is 5.87. The van der Waals surface area contributed by atoms with Crippen molar-refractivity contribution < 1.29 is 4.79 Å². The van der Waals surface area contributed by atoms with Gasteiger partial charge in [-0.1, -0.05) is 13.3 Å². The number of nitrogens with zero attached hydrogens (tertiary/aromatic N) is 1. The molecule has 0 bridgehead atoms. The average Bonchev–Trinajstić information content (AvgIpc) is 2.53. The van der Waals surface area contributed by atoms with Crippen LogP contribution in [0.4, 0.5) is 0 Å². The summed E-state index contributed by atoms with van der Waals surface area (Å²) in [7, 11) is 0. The first-order valence-corrected chi connectivity index (χ1v) is 5.17. The Morgan fingerprint density at radius 2 is 2.23 bits per heavy atom. The lowest BCUT2D eigenvalue weighted by Gasteiger charge is -2.31. The molecule has 0 heterocycles. The highest BCUT2D eigenvalue weighted by atomic mass is 16.1. The number of hydrogen-bond acceptors (Lipinski definition) is 2. The smallest absolute Gasteiger partial charge is 0.153 e. The molecule has 0 aromatic carbocycles. The van der Waals surface area contributed by atoms with E-state index < -0.39 is 0 Å². The summed E-state index contributed by atoms with van der Waals surface area (Å²) in [5.74, 6) is 1.06. The lowest BCUT2D eigenvalue weighted by molar-refractivity contribution is -0.130. The number of fused-ring (bicyclic) bond motifs is 1. The normalized spacial score (nSPS) is 44.2. The van der Waals surface area contributed by atoms with Crippen molar-refractivity contribution in [2.75, 3.05) is 0 Å². The van der Waals surface area contributed by atoms with Crippen LogP contribution in [-0.2, 0) is 4.79 Å². The van der Waals surface area contributed by atoms with Crippen molar-refractivity contribution in [3.8, 4) is 6.07 Å². The summed E-state index contributed by atoms with van der Waals surface area (Å²) in [6.45, 7) is 2.04. The molecule has 2 aliphatic carbocycles. The Labute approximate surface area is 78.9 Å². The van der Waals surface area contributed by atoms with Gasteiger partial charge in [-0.05, 0) is 31.1 Å². The van der Waals surface area contributed by atoms with Crippen molar-refractivity contribution in [1.82, 2.24) is 0 Å². The van der Waals surface area contributed by atoms with Gasteiger partial charge in [-0.3, -0.25) is 4.79 Å². The largest absolute Gasteiger partial charge is 0.298 e. The van der Waals surface area contributed by atoms with Crippen LogP contribution in [0, 0.1) is 35.0 Å². The number of Topliss-reactive ketones (excluding diaryl/α,β-unsaturated/α-hetero) is 1. The van der Waals surface area contributed by atoms with Gasteiger partial charge in [0, 0.05) is 5.92 Å². The number of carbonyl (C=O) groups is 1. The molecule has 0 amide bonds. The average molecular weight is 177 g/mol. The van der Waals surface area contributed by atoms with Crippen molar-refractivity contribution in [2.24, 2.45) is 23.7 Å². The third-order valence-corrected chi connectivity index (χ3v) is 3.71. The van der Waals surface area contributed by atoms with Gasteiger partial charge in [-0.2, -0.15) is 5.26 Å². The van der Waals surface area contributed by atoms with Crippen LogP contribution in [0.2, 0.25) is 0 Å². The maximum Gasteiger partial charge on any atom is 0.153 e. The molecular formula is C11H15NO. The molecule has 0 radical (unpaired) electrons. The van der Waals surface area contributed by atoms with Crippen LogP contribution in [0.5, 0.6) is 0 Å². The number of hydrogen-bond donors (Lipinski definition) is 0. The molecule has 0 unspecified atom stereocenters. The minimum atomic E-state index is -0.306. The highest BCUT2D eigenvalue weighted by Crippen LogP contribution is 2.44. The van der Waals surface area contributed by atoms with Gasteiger partial charge in [-0.25, -0.2) is 0 Å². The maximum absolute atomic E-state index is 11.8. The number of carbonyl (C=O) groups excluding carboxylic acids is 1. The van der Waals surface area contributed by atoms with Gasteiger partial charge in [0.2, 0.25) is 0 Å². The highest BCUT2D eigenvalue weighted by Gasteiger charge is 2.43. The van der Waals surface area contributed by atoms with E-state index in [1.165, 1.54) is 12.8 Å². The summed E-state index contributed by atoms with van der Waals surface area (Å²) < 4.78 is 0. The van der Waals surface area contributed by atoms with Crippen LogP contribution >= 0.6 is 0 Å². The zero-order valence-electron chi connectivity index (χ0n) is 7.99. The van der Waals surface area contributed by atoms with Crippen LogP contribution in [0.3, 0.4) is 0 Å². The van der Waals surface area contributed by atoms with E-state index in [2.05, 4.69) is 6.07 Å². The van der Waals surface area contributed by atoms with Crippen molar-refractivity contribution in [1.29, 1.82) is 5.26 Å². The fraction of sp³-hybridized carbons (Fsp3) is 0.818. The number of rotatable bonds is 0. The topological polar surface area (TPSA) is 40.9 Å². The van der Waals surface area contributed by atoms with Crippen molar-refractivity contribution in [2.45, 2.75) is 32.6 Å². The molecule has 2 heteroatoms. The Kier molecular flexibility index (Phi) is 2.11. The van der Waals surface area contributed by atoms with Gasteiger partial charge in [0.15, 0.2) is 5.78 Å². The maximum atomic E-state index is 11.8. The Morgan fingerprint density at radius 3 is 2.92 bits per heavy atom. The molecule has 2 fully saturated rings. The lowest BCUT2D eigenvalue weighted by Crippen LogP contribution is -2.36. The third-order valence-electron chi connectivity index (χ3n) is 3.71. The first kappa shape index (κ1) is 8.74. The fourth-order valence-corrected chi connectivity index (χ4v) is 3.01. The second-order valence-electron chi connectivity index (χ2n) is 4.52. The van der Waals surface area contributed by atoms with E-state index in [0.29, 0.717) is 5.92 Å². The van der Waals surface area contributed by atoms with E-state index in [4.69, 9.17) is 5.26 Å². The lowest BCUT2D eigenvalue weighted by atomic mass is 9.70. The fourth-order valence-electron chi connectivity index (χ4n) is 3.01. The molecule has 0 aromatic rings. The van der Waals surface area contributed by atoms with Gasteiger partial charge in [0.25, 0.3) is 0 Å². The predicted octanol–water partition coefficient (Wildman–Crippen LogP) is 2.15. The molecule has 2 rings (SSSR count). The van der Waals surface area contributed by atoms with E-state index in [1.807, 2.05) is 6.92 Å². The minimum absolute atomic E-state index is 0.237. The molecule has 0 saturated heterocycles. The minimum Gasteiger partial charge on any atom is -0.298 e. The Bertz CT molecular complexity index is 266. The Hall–Kier alpha value is -0.840. The van der Waals surface area contributed by atoms with Crippen LogP contribution in [0.15, 0.2) is 0 Å². The molecule has 70 valence electrons. The molecule has 2 nitrogen and oxygen atoms in total. The van der Waals surface area contributed by atoms with Crippen molar-refractivity contribution >= 4 is 5.78 Å². The molecule has 4 atom stereocenters. The quantitative estimate of drug-likeness (QED) is 0.569. The zero-order chi connectivity index (χ0) is 9.42. The van der Waals surface area contributed by atoms with Gasteiger partial charge in [0.1, 0.15) is 5.92 Å². The second kappa shape index (κ2) is 3.14. The molecule has 13 heavy (non-hydrogen) atoms. The van der Waals surface area contributed by atoms with E-state index in [1.54, 1.807) is 0 Å². The van der Waals surface area contributed by atoms with Gasteiger partial charge < -0.3 is 0 Å². The van der Waals surface area contributed by atoms with Crippen LogP contribution < -0.4 is 0 Å². The number of nitriles is 1. The van der Waals surface area contributed by atoms with E-state index in [-0.39, 0.29) is 23.5 Å². The van der Waals surface area contributed by atoms with Gasteiger partial charge in [-0.15, -0.1) is 0 Å². The Morgan fingerprint density at radius 1 is 1.46 bits per heavy atom. The van der Waals surface area contributed by atoms with Crippen LogP contribution in [-0.4, -0.2) is 5.78 Å². The third kappa shape index (κ3) is 1.27. The molecule has 2 aliphatic rings. The Balaban J connectivity index is 2.20. The summed E-state index contributed by atoms with van der Waals surface area (Å²) >= 11 is 0. The molecule has 2 saturated carbocycles. The predicted molar refractivity (Wildman–Crippen MR) is 48.7 cm³/mol. The first-order chi connectivity index (χ1) is 6.24. The molecule has 0 aromatic heterocycles. The number of ketones is 1. The van der Waals surface area contributed by atoms with Gasteiger partial charge >= 0.3 is 0 Å². The zero-order valence-corrected chi connectivity index (χ0v) is 7.99. The van der Waals surface area contributed by atoms with Crippen molar-refractivity contribution in [3.63, 3.8) is 0 Å². The standard InChI is InChI=1S/C11H15NO/c1-7-5-8-3-2-4-9(8)11(13)10(7)6-12/h7-10H,2-5H2,1H3/t7-,8+,9-,10+/m0/s1. The van der Waals surface area contributed by atoms with E-state index in [0.717, 1.165) is 12.8 Å². The van der Waals surface area contributed by atoms with Crippen LogP contribution in [0.1, 0.15) is 32.6 Å². The van der Waals surface area contributed by atoms with E-state index in [9.17, 15) is 4.79 Å². The molecule has 0 N–H and O–H groups in total. The summed E-state index contributed by atoms with van der Waals surface area (Å²) in [5.41, 5.74) is 0.